The van der Waals surface area contributed by atoms with Crippen molar-refractivity contribution < 1.29 is 14.7 Å². The number of nitrogens with one attached hydrogen (secondary N) is 1. The molecule has 5 nitrogen and oxygen atoms in total. The van der Waals surface area contributed by atoms with Gasteiger partial charge in [0.1, 0.15) is 0 Å². The van der Waals surface area contributed by atoms with Crippen molar-refractivity contribution in [3.63, 3.8) is 0 Å². The van der Waals surface area contributed by atoms with Gasteiger partial charge in [-0.2, -0.15) is 0 Å². The fourth-order valence-corrected chi connectivity index (χ4v) is 2.49. The highest BCUT2D eigenvalue weighted by atomic mass is 35.5. The monoisotopic (exact) mass is 312 g/mol. The van der Waals surface area contributed by atoms with Gasteiger partial charge in [-0.15, -0.1) is 12.4 Å². The molecule has 0 spiro atoms. The molecular weight excluding hydrogens is 292 g/mol. The van der Waals surface area contributed by atoms with E-state index in [2.05, 4.69) is 5.32 Å². The SMILES string of the molecule is CC(NC(=O)CN1CCC(C(=O)O)C1)c1ccccc1.Cl. The van der Waals surface area contributed by atoms with Gasteiger partial charge in [0.25, 0.3) is 0 Å². The molecule has 1 aliphatic rings. The first-order chi connectivity index (χ1) is 9.56. The third-order valence-electron chi connectivity index (χ3n) is 3.67. The predicted octanol–water partition coefficient (Wildman–Crippen LogP) is 1.69. The van der Waals surface area contributed by atoms with Gasteiger partial charge in [-0.1, -0.05) is 30.3 Å². The number of aliphatic carboxylic acids is 1. The van der Waals surface area contributed by atoms with Crippen LogP contribution in [0.1, 0.15) is 24.9 Å². The Kier molecular flexibility index (Phi) is 6.65. The number of carbonyl (C=O) groups excluding carboxylic acids is 1. The molecule has 2 unspecified atom stereocenters. The minimum atomic E-state index is -0.773. The Balaban J connectivity index is 0.00000220. The molecule has 0 bridgehead atoms. The Morgan fingerprint density at radius 1 is 1.38 bits per heavy atom. The lowest BCUT2D eigenvalue weighted by atomic mass is 10.1. The molecule has 21 heavy (non-hydrogen) atoms. The second-order valence-electron chi connectivity index (χ2n) is 5.26. The van der Waals surface area contributed by atoms with Crippen LogP contribution in [0.5, 0.6) is 0 Å². The lowest BCUT2D eigenvalue weighted by Crippen LogP contribution is -2.37. The van der Waals surface area contributed by atoms with Crippen molar-refractivity contribution >= 4 is 24.3 Å². The summed E-state index contributed by atoms with van der Waals surface area (Å²) in [6.45, 7) is 3.34. The molecule has 2 N–H and O–H groups in total. The zero-order chi connectivity index (χ0) is 14.5. The van der Waals surface area contributed by atoms with Gasteiger partial charge in [-0.05, 0) is 25.5 Å². The summed E-state index contributed by atoms with van der Waals surface area (Å²) in [6.07, 6.45) is 0.622. The molecule has 1 heterocycles. The number of carboxylic acid groups (broad SMARTS) is 1. The van der Waals surface area contributed by atoms with E-state index in [9.17, 15) is 9.59 Å². The summed E-state index contributed by atoms with van der Waals surface area (Å²) in [6, 6.07) is 9.73. The molecule has 0 aromatic heterocycles. The van der Waals surface area contributed by atoms with Crippen LogP contribution in [0.25, 0.3) is 0 Å². The van der Waals surface area contributed by atoms with Crippen LogP contribution in [0.2, 0.25) is 0 Å². The summed E-state index contributed by atoms with van der Waals surface area (Å²) in [5.41, 5.74) is 1.06. The number of hydrogen-bond donors (Lipinski definition) is 2. The average molecular weight is 313 g/mol. The molecule has 1 fully saturated rings. The lowest BCUT2D eigenvalue weighted by molar-refractivity contribution is -0.141. The largest absolute Gasteiger partial charge is 0.481 e. The number of hydrogen-bond acceptors (Lipinski definition) is 3. The Hall–Kier alpha value is -1.59. The number of rotatable bonds is 5. The third kappa shape index (κ3) is 5.02. The second-order valence-corrected chi connectivity index (χ2v) is 5.26. The smallest absolute Gasteiger partial charge is 0.307 e. The van der Waals surface area contributed by atoms with Crippen LogP contribution in [-0.4, -0.2) is 41.5 Å². The molecule has 1 saturated heterocycles. The summed E-state index contributed by atoms with van der Waals surface area (Å²) >= 11 is 0. The van der Waals surface area contributed by atoms with E-state index in [0.29, 0.717) is 19.5 Å². The van der Waals surface area contributed by atoms with Crippen LogP contribution in [0.15, 0.2) is 30.3 Å². The number of nitrogens with zero attached hydrogens (tertiary/aromatic N) is 1. The number of halogens is 1. The van der Waals surface area contributed by atoms with Gasteiger partial charge in [-0.3, -0.25) is 14.5 Å². The first-order valence-corrected chi connectivity index (χ1v) is 6.85. The molecule has 2 atom stereocenters. The Bertz CT molecular complexity index is 481. The number of amides is 1. The fraction of sp³-hybridized carbons (Fsp3) is 0.467. The minimum Gasteiger partial charge on any atom is -0.481 e. The van der Waals surface area contributed by atoms with Crippen molar-refractivity contribution in [2.24, 2.45) is 5.92 Å². The van der Waals surface area contributed by atoms with Crippen LogP contribution in [0.4, 0.5) is 0 Å². The van der Waals surface area contributed by atoms with Crippen LogP contribution in [0.3, 0.4) is 0 Å². The van der Waals surface area contributed by atoms with E-state index in [1.165, 1.54) is 0 Å². The highest BCUT2D eigenvalue weighted by Gasteiger charge is 2.29. The number of carboxylic acids is 1. The molecule has 1 aromatic carbocycles. The first kappa shape index (κ1) is 17.5. The molecule has 1 aliphatic heterocycles. The minimum absolute atomic E-state index is 0. The van der Waals surface area contributed by atoms with Gasteiger partial charge in [0.15, 0.2) is 0 Å². The Morgan fingerprint density at radius 2 is 2.05 bits per heavy atom. The van der Waals surface area contributed by atoms with Gasteiger partial charge >= 0.3 is 5.97 Å². The maximum absolute atomic E-state index is 12.0. The lowest BCUT2D eigenvalue weighted by Gasteiger charge is -2.18. The summed E-state index contributed by atoms with van der Waals surface area (Å²) in [5.74, 6) is -1.17. The highest BCUT2D eigenvalue weighted by Crippen LogP contribution is 2.16. The zero-order valence-electron chi connectivity index (χ0n) is 12.0. The topological polar surface area (TPSA) is 69.6 Å². The molecule has 0 radical (unpaired) electrons. The Morgan fingerprint density at radius 3 is 2.62 bits per heavy atom. The number of likely N-dealkylation sites (tertiary alicyclic amines) is 1. The first-order valence-electron chi connectivity index (χ1n) is 6.85. The van der Waals surface area contributed by atoms with E-state index in [1.807, 2.05) is 42.2 Å². The van der Waals surface area contributed by atoms with E-state index in [4.69, 9.17) is 5.11 Å². The second kappa shape index (κ2) is 8.00. The molecule has 116 valence electrons. The van der Waals surface area contributed by atoms with Crippen molar-refractivity contribution in [2.75, 3.05) is 19.6 Å². The molecule has 2 rings (SSSR count). The highest BCUT2D eigenvalue weighted by molar-refractivity contribution is 5.85. The number of benzene rings is 1. The maximum Gasteiger partial charge on any atom is 0.307 e. The maximum atomic E-state index is 12.0. The number of carbonyl (C=O) groups is 2. The summed E-state index contributed by atoms with van der Waals surface area (Å²) < 4.78 is 0. The van der Waals surface area contributed by atoms with E-state index >= 15 is 0 Å². The normalized spacial score (nSPS) is 19.6. The molecule has 0 aliphatic carbocycles. The summed E-state index contributed by atoms with van der Waals surface area (Å²) in [4.78, 5) is 24.7. The zero-order valence-corrected chi connectivity index (χ0v) is 12.8. The predicted molar refractivity (Wildman–Crippen MR) is 82.4 cm³/mol. The average Bonchev–Trinajstić information content (AvgIpc) is 2.88. The van der Waals surface area contributed by atoms with Gasteiger partial charge in [0.05, 0.1) is 18.5 Å². The summed E-state index contributed by atoms with van der Waals surface area (Å²) in [7, 11) is 0. The van der Waals surface area contributed by atoms with Crippen molar-refractivity contribution in [1.82, 2.24) is 10.2 Å². The van der Waals surface area contributed by atoms with Crippen LogP contribution in [-0.2, 0) is 9.59 Å². The quantitative estimate of drug-likeness (QED) is 0.868. The van der Waals surface area contributed by atoms with Crippen molar-refractivity contribution in [2.45, 2.75) is 19.4 Å². The van der Waals surface area contributed by atoms with E-state index in [-0.39, 0.29) is 36.8 Å². The molecule has 6 heteroatoms. The van der Waals surface area contributed by atoms with E-state index < -0.39 is 5.97 Å². The van der Waals surface area contributed by atoms with Crippen molar-refractivity contribution in [3.8, 4) is 0 Å². The van der Waals surface area contributed by atoms with Gasteiger partial charge in [0, 0.05) is 6.54 Å². The van der Waals surface area contributed by atoms with Gasteiger partial charge in [0.2, 0.25) is 5.91 Å². The molecule has 1 aromatic rings. The molecular formula is C15H21ClN2O3. The van der Waals surface area contributed by atoms with E-state index in [1.54, 1.807) is 0 Å². The summed E-state index contributed by atoms with van der Waals surface area (Å²) in [5, 5.41) is 11.9. The Labute approximate surface area is 130 Å². The van der Waals surface area contributed by atoms with Crippen LogP contribution in [0, 0.1) is 5.92 Å². The van der Waals surface area contributed by atoms with Crippen molar-refractivity contribution in [3.05, 3.63) is 35.9 Å². The third-order valence-corrected chi connectivity index (χ3v) is 3.67. The van der Waals surface area contributed by atoms with Crippen LogP contribution >= 0.6 is 12.4 Å². The standard InChI is InChI=1S/C15H20N2O3.ClH/c1-11(12-5-3-2-4-6-12)16-14(18)10-17-8-7-13(9-17)15(19)20;/h2-6,11,13H,7-10H2,1H3,(H,16,18)(H,19,20);1H. The molecule has 0 saturated carbocycles. The van der Waals surface area contributed by atoms with E-state index in [0.717, 1.165) is 5.56 Å². The van der Waals surface area contributed by atoms with Gasteiger partial charge in [-0.25, -0.2) is 0 Å². The van der Waals surface area contributed by atoms with Gasteiger partial charge < -0.3 is 10.4 Å². The fourth-order valence-electron chi connectivity index (χ4n) is 2.49. The van der Waals surface area contributed by atoms with Crippen LogP contribution < -0.4 is 5.32 Å². The van der Waals surface area contributed by atoms with Crippen molar-refractivity contribution in [1.29, 1.82) is 0 Å². The molecule has 1 amide bonds.